The van der Waals surface area contributed by atoms with Crippen LogP contribution in [0.2, 0.25) is 0 Å². The van der Waals surface area contributed by atoms with Crippen molar-refractivity contribution in [1.82, 2.24) is 0 Å². The van der Waals surface area contributed by atoms with Crippen molar-refractivity contribution in [3.8, 4) is 5.75 Å². The van der Waals surface area contributed by atoms with E-state index in [0.717, 1.165) is 41.2 Å². The SMILES string of the molecule is CC(C)Oc1ccc(NC(=O)c2cc3c4c(c2)CCN4C(=O)CC3)cc1. The van der Waals surface area contributed by atoms with Crippen molar-refractivity contribution in [2.75, 3.05) is 16.8 Å². The Bertz CT molecular complexity index is 872. The van der Waals surface area contributed by atoms with Gasteiger partial charge in [-0.25, -0.2) is 0 Å². The van der Waals surface area contributed by atoms with Gasteiger partial charge in [-0.15, -0.1) is 0 Å². The minimum absolute atomic E-state index is 0.116. The lowest BCUT2D eigenvalue weighted by molar-refractivity contribution is -0.118. The van der Waals surface area contributed by atoms with Crippen LogP contribution in [-0.4, -0.2) is 24.5 Å². The number of nitrogens with one attached hydrogen (secondary N) is 1. The number of hydrogen-bond acceptors (Lipinski definition) is 3. The van der Waals surface area contributed by atoms with Gasteiger partial charge in [0.25, 0.3) is 5.91 Å². The maximum absolute atomic E-state index is 12.7. The average molecular weight is 350 g/mol. The molecule has 0 aromatic heterocycles. The fraction of sp³-hybridized carbons (Fsp3) is 0.333. The third-order valence-corrected chi connectivity index (χ3v) is 4.80. The number of ether oxygens (including phenoxy) is 1. The smallest absolute Gasteiger partial charge is 0.255 e. The molecule has 0 atom stereocenters. The highest BCUT2D eigenvalue weighted by Crippen LogP contribution is 2.37. The molecule has 0 saturated heterocycles. The molecule has 2 aromatic carbocycles. The molecule has 5 nitrogen and oxygen atoms in total. The van der Waals surface area contributed by atoms with E-state index in [0.29, 0.717) is 18.4 Å². The zero-order chi connectivity index (χ0) is 18.3. The Kier molecular flexibility index (Phi) is 4.15. The van der Waals surface area contributed by atoms with Crippen molar-refractivity contribution in [3.05, 3.63) is 53.1 Å². The van der Waals surface area contributed by atoms with Crippen molar-refractivity contribution >= 4 is 23.2 Å². The highest BCUT2D eigenvalue weighted by molar-refractivity contribution is 6.06. The minimum Gasteiger partial charge on any atom is -0.491 e. The van der Waals surface area contributed by atoms with E-state index in [1.165, 1.54) is 0 Å². The number of carbonyl (C=O) groups is 2. The predicted molar refractivity (Wildman–Crippen MR) is 101 cm³/mol. The molecule has 5 heteroatoms. The lowest BCUT2D eigenvalue weighted by Gasteiger charge is -2.25. The molecule has 2 amide bonds. The number of nitrogens with zero attached hydrogens (tertiary/aromatic N) is 1. The Hall–Kier alpha value is -2.82. The normalized spacial score (nSPS) is 15.2. The Morgan fingerprint density at radius 3 is 2.46 bits per heavy atom. The fourth-order valence-corrected chi connectivity index (χ4v) is 3.68. The van der Waals surface area contributed by atoms with Crippen LogP contribution in [0.4, 0.5) is 11.4 Å². The molecule has 4 rings (SSSR count). The molecule has 0 aliphatic carbocycles. The average Bonchev–Trinajstić information content (AvgIpc) is 3.05. The zero-order valence-electron chi connectivity index (χ0n) is 15.0. The quantitative estimate of drug-likeness (QED) is 0.917. The van der Waals surface area contributed by atoms with Crippen LogP contribution in [0.5, 0.6) is 5.75 Å². The Morgan fingerprint density at radius 2 is 1.77 bits per heavy atom. The summed E-state index contributed by atoms with van der Waals surface area (Å²) in [4.78, 5) is 26.6. The number of aryl methyl sites for hydroxylation is 1. The highest BCUT2D eigenvalue weighted by atomic mass is 16.5. The van der Waals surface area contributed by atoms with E-state index in [-0.39, 0.29) is 17.9 Å². The topological polar surface area (TPSA) is 58.6 Å². The van der Waals surface area contributed by atoms with Crippen LogP contribution in [0.25, 0.3) is 0 Å². The molecule has 0 unspecified atom stereocenters. The summed E-state index contributed by atoms with van der Waals surface area (Å²) in [6.07, 6.45) is 2.16. The second kappa shape index (κ2) is 6.48. The molecule has 0 bridgehead atoms. The molecule has 2 aliphatic heterocycles. The lowest BCUT2D eigenvalue weighted by Crippen LogP contribution is -2.33. The van der Waals surface area contributed by atoms with E-state index >= 15 is 0 Å². The summed E-state index contributed by atoms with van der Waals surface area (Å²) in [5, 5.41) is 2.94. The number of anilines is 2. The summed E-state index contributed by atoms with van der Waals surface area (Å²) < 4.78 is 5.62. The summed E-state index contributed by atoms with van der Waals surface area (Å²) in [5.41, 5.74) is 4.62. The molecular formula is C21H22N2O3. The van der Waals surface area contributed by atoms with Crippen molar-refractivity contribution in [2.24, 2.45) is 0 Å². The summed E-state index contributed by atoms with van der Waals surface area (Å²) in [7, 11) is 0. The van der Waals surface area contributed by atoms with Crippen LogP contribution >= 0.6 is 0 Å². The molecule has 0 spiro atoms. The molecule has 2 heterocycles. The summed E-state index contributed by atoms with van der Waals surface area (Å²) in [6.45, 7) is 4.68. The van der Waals surface area contributed by atoms with E-state index in [9.17, 15) is 9.59 Å². The van der Waals surface area contributed by atoms with Gasteiger partial charge in [-0.2, -0.15) is 0 Å². The van der Waals surface area contributed by atoms with Gasteiger partial charge in [0, 0.05) is 24.2 Å². The van der Waals surface area contributed by atoms with E-state index in [2.05, 4.69) is 5.32 Å². The molecule has 1 N–H and O–H groups in total. The lowest BCUT2D eigenvalue weighted by atomic mass is 9.96. The van der Waals surface area contributed by atoms with Crippen LogP contribution in [-0.2, 0) is 17.6 Å². The molecule has 0 radical (unpaired) electrons. The first-order chi connectivity index (χ1) is 12.5. The first kappa shape index (κ1) is 16.6. The monoisotopic (exact) mass is 350 g/mol. The maximum Gasteiger partial charge on any atom is 0.255 e. The fourth-order valence-electron chi connectivity index (χ4n) is 3.68. The Morgan fingerprint density at radius 1 is 1.08 bits per heavy atom. The van der Waals surface area contributed by atoms with Gasteiger partial charge in [0.05, 0.1) is 11.8 Å². The van der Waals surface area contributed by atoms with Crippen LogP contribution in [0.3, 0.4) is 0 Å². The van der Waals surface area contributed by atoms with Gasteiger partial charge in [0.15, 0.2) is 0 Å². The van der Waals surface area contributed by atoms with Crippen LogP contribution in [0.15, 0.2) is 36.4 Å². The van der Waals surface area contributed by atoms with Crippen molar-refractivity contribution in [2.45, 2.75) is 39.2 Å². The molecule has 26 heavy (non-hydrogen) atoms. The second-order valence-corrected chi connectivity index (χ2v) is 7.08. The van der Waals surface area contributed by atoms with E-state index < -0.39 is 0 Å². The number of hydrogen-bond donors (Lipinski definition) is 1. The molecular weight excluding hydrogens is 328 g/mol. The number of rotatable bonds is 4. The van der Waals surface area contributed by atoms with Gasteiger partial charge in [-0.05, 0) is 74.2 Å². The maximum atomic E-state index is 12.7. The molecule has 0 fully saturated rings. The van der Waals surface area contributed by atoms with Crippen molar-refractivity contribution in [1.29, 1.82) is 0 Å². The van der Waals surface area contributed by atoms with Gasteiger partial charge >= 0.3 is 0 Å². The van der Waals surface area contributed by atoms with Crippen LogP contribution in [0, 0.1) is 0 Å². The van der Waals surface area contributed by atoms with Crippen LogP contribution in [0.1, 0.15) is 41.8 Å². The third kappa shape index (κ3) is 3.05. The Balaban J connectivity index is 1.53. The van der Waals surface area contributed by atoms with E-state index in [4.69, 9.17) is 4.74 Å². The first-order valence-electron chi connectivity index (χ1n) is 9.05. The van der Waals surface area contributed by atoms with Gasteiger partial charge in [0.1, 0.15) is 5.75 Å². The second-order valence-electron chi connectivity index (χ2n) is 7.08. The molecule has 2 aromatic rings. The zero-order valence-corrected chi connectivity index (χ0v) is 15.0. The summed E-state index contributed by atoms with van der Waals surface area (Å²) in [6, 6.07) is 11.2. The van der Waals surface area contributed by atoms with Gasteiger partial charge < -0.3 is 15.0 Å². The number of amides is 2. The van der Waals surface area contributed by atoms with Gasteiger partial charge in [0.2, 0.25) is 5.91 Å². The largest absolute Gasteiger partial charge is 0.491 e. The molecule has 2 aliphatic rings. The summed E-state index contributed by atoms with van der Waals surface area (Å²) >= 11 is 0. The first-order valence-corrected chi connectivity index (χ1v) is 9.05. The van der Waals surface area contributed by atoms with E-state index in [1.807, 2.05) is 55.1 Å². The van der Waals surface area contributed by atoms with E-state index in [1.54, 1.807) is 0 Å². The highest BCUT2D eigenvalue weighted by Gasteiger charge is 2.31. The number of carbonyl (C=O) groups excluding carboxylic acids is 2. The molecule has 0 saturated carbocycles. The minimum atomic E-state index is -0.128. The third-order valence-electron chi connectivity index (χ3n) is 4.80. The number of benzene rings is 2. The van der Waals surface area contributed by atoms with Crippen LogP contribution < -0.4 is 15.0 Å². The van der Waals surface area contributed by atoms with Gasteiger partial charge in [-0.1, -0.05) is 0 Å². The van der Waals surface area contributed by atoms with Crippen molar-refractivity contribution < 1.29 is 14.3 Å². The van der Waals surface area contributed by atoms with Gasteiger partial charge in [-0.3, -0.25) is 9.59 Å². The molecule has 134 valence electrons. The summed E-state index contributed by atoms with van der Waals surface area (Å²) in [5.74, 6) is 0.846. The Labute approximate surface area is 153 Å². The standard InChI is InChI=1S/C21H22N2O3/c1-13(2)26-18-6-4-17(5-7-18)22-21(25)16-11-14-3-8-19(24)23-10-9-15(12-16)20(14)23/h4-7,11-13H,3,8-10H2,1-2H3,(H,22,25). The predicted octanol–water partition coefficient (Wildman–Crippen LogP) is 3.56. The van der Waals surface area contributed by atoms with Crippen molar-refractivity contribution in [3.63, 3.8) is 0 Å².